The first kappa shape index (κ1) is 15.4. The second kappa shape index (κ2) is 5.57. The van der Waals surface area contributed by atoms with E-state index in [-0.39, 0.29) is 17.9 Å². The molecule has 1 aromatic carbocycles. The molecule has 0 bridgehead atoms. The smallest absolute Gasteiger partial charge is 0.156 e. The highest BCUT2D eigenvalue weighted by Crippen LogP contribution is 2.17. The van der Waals surface area contributed by atoms with Crippen LogP contribution in [-0.4, -0.2) is 25.5 Å². The van der Waals surface area contributed by atoms with Gasteiger partial charge >= 0.3 is 0 Å². The van der Waals surface area contributed by atoms with E-state index in [0.29, 0.717) is 5.69 Å². The van der Waals surface area contributed by atoms with E-state index in [1.165, 1.54) is 18.2 Å². The van der Waals surface area contributed by atoms with Crippen molar-refractivity contribution >= 4 is 15.5 Å². The molecule has 0 aliphatic carbocycles. The van der Waals surface area contributed by atoms with Crippen molar-refractivity contribution in [3.8, 4) is 6.07 Å². The van der Waals surface area contributed by atoms with Crippen LogP contribution in [-0.2, 0) is 9.84 Å². The van der Waals surface area contributed by atoms with Crippen molar-refractivity contribution in [2.24, 2.45) is 0 Å². The summed E-state index contributed by atoms with van der Waals surface area (Å²) in [6, 6.07) is 5.75. The van der Waals surface area contributed by atoms with Crippen LogP contribution in [0, 0.1) is 17.1 Å². The second-order valence-electron chi connectivity index (χ2n) is 5.16. The maximum Gasteiger partial charge on any atom is 0.156 e. The van der Waals surface area contributed by atoms with Crippen molar-refractivity contribution in [2.75, 3.05) is 17.6 Å². The average Bonchev–Trinajstić information content (AvgIpc) is 2.29. The van der Waals surface area contributed by atoms with E-state index < -0.39 is 20.4 Å². The summed E-state index contributed by atoms with van der Waals surface area (Å²) in [6.07, 6.45) is 0. The summed E-state index contributed by atoms with van der Waals surface area (Å²) in [5.74, 6) is -0.606. The molecule has 0 saturated heterocycles. The maximum atomic E-state index is 13.1. The summed E-state index contributed by atoms with van der Waals surface area (Å²) < 4.78 is 36.0. The quantitative estimate of drug-likeness (QED) is 0.921. The SMILES string of the molecule is CC(C)(C)S(=O)(=O)CCNc1ccc(F)c(C#N)c1. The van der Waals surface area contributed by atoms with Crippen LogP contribution in [0.1, 0.15) is 26.3 Å². The van der Waals surface area contributed by atoms with Crippen molar-refractivity contribution < 1.29 is 12.8 Å². The molecule has 1 N–H and O–H groups in total. The topological polar surface area (TPSA) is 70.0 Å². The fourth-order valence-corrected chi connectivity index (χ4v) is 2.34. The fraction of sp³-hybridized carbons (Fsp3) is 0.462. The van der Waals surface area contributed by atoms with E-state index in [1.807, 2.05) is 0 Å². The minimum atomic E-state index is -3.19. The number of hydrogen-bond acceptors (Lipinski definition) is 4. The number of nitrogens with zero attached hydrogens (tertiary/aromatic N) is 1. The van der Waals surface area contributed by atoms with Gasteiger partial charge in [0.25, 0.3) is 0 Å². The van der Waals surface area contributed by atoms with E-state index >= 15 is 0 Å². The predicted molar refractivity (Wildman–Crippen MR) is 73.1 cm³/mol. The van der Waals surface area contributed by atoms with Gasteiger partial charge in [-0.05, 0) is 39.0 Å². The Balaban J connectivity index is 2.68. The third kappa shape index (κ3) is 3.93. The molecule has 0 radical (unpaired) electrons. The Labute approximate surface area is 113 Å². The Morgan fingerprint density at radius 2 is 2.00 bits per heavy atom. The zero-order valence-corrected chi connectivity index (χ0v) is 12.0. The highest BCUT2D eigenvalue weighted by molar-refractivity contribution is 7.92. The molecule has 104 valence electrons. The number of benzene rings is 1. The first-order valence-corrected chi connectivity index (χ1v) is 7.48. The summed E-state index contributed by atoms with van der Waals surface area (Å²) in [5.41, 5.74) is 0.464. The first-order valence-electron chi connectivity index (χ1n) is 5.83. The summed E-state index contributed by atoms with van der Waals surface area (Å²) >= 11 is 0. The van der Waals surface area contributed by atoms with Crippen molar-refractivity contribution in [3.63, 3.8) is 0 Å². The van der Waals surface area contributed by atoms with Crippen LogP contribution in [0.3, 0.4) is 0 Å². The van der Waals surface area contributed by atoms with Crippen molar-refractivity contribution in [2.45, 2.75) is 25.5 Å². The third-order valence-corrected chi connectivity index (χ3v) is 5.33. The van der Waals surface area contributed by atoms with Crippen LogP contribution < -0.4 is 5.32 Å². The highest BCUT2D eigenvalue weighted by atomic mass is 32.2. The highest BCUT2D eigenvalue weighted by Gasteiger charge is 2.28. The van der Waals surface area contributed by atoms with Crippen LogP contribution in [0.5, 0.6) is 0 Å². The molecule has 1 rings (SSSR count). The van der Waals surface area contributed by atoms with Gasteiger partial charge in [0.15, 0.2) is 9.84 Å². The molecule has 0 amide bonds. The third-order valence-electron chi connectivity index (χ3n) is 2.72. The van der Waals surface area contributed by atoms with E-state index in [0.717, 1.165) is 0 Å². The molecular formula is C13H17FN2O2S. The van der Waals surface area contributed by atoms with Crippen molar-refractivity contribution in [3.05, 3.63) is 29.6 Å². The Morgan fingerprint density at radius 1 is 1.37 bits per heavy atom. The molecule has 0 aliphatic rings. The van der Waals surface area contributed by atoms with Gasteiger partial charge in [0.2, 0.25) is 0 Å². The van der Waals surface area contributed by atoms with E-state index in [2.05, 4.69) is 5.32 Å². The van der Waals surface area contributed by atoms with Gasteiger partial charge in [-0.15, -0.1) is 0 Å². The van der Waals surface area contributed by atoms with Gasteiger partial charge in [0.1, 0.15) is 11.9 Å². The lowest BCUT2D eigenvalue weighted by molar-refractivity contribution is 0.560. The van der Waals surface area contributed by atoms with Gasteiger partial charge in [0, 0.05) is 12.2 Å². The Morgan fingerprint density at radius 3 is 2.53 bits per heavy atom. The number of anilines is 1. The Hall–Kier alpha value is -1.61. The van der Waals surface area contributed by atoms with Crippen LogP contribution >= 0.6 is 0 Å². The lowest BCUT2D eigenvalue weighted by Crippen LogP contribution is -2.32. The maximum absolute atomic E-state index is 13.1. The van der Waals surface area contributed by atoms with Gasteiger partial charge in [0.05, 0.1) is 16.1 Å². The zero-order valence-electron chi connectivity index (χ0n) is 11.2. The molecule has 0 atom stereocenters. The number of halogens is 1. The van der Waals surface area contributed by atoms with E-state index in [4.69, 9.17) is 5.26 Å². The molecule has 0 spiro atoms. The van der Waals surface area contributed by atoms with E-state index in [1.54, 1.807) is 26.8 Å². The molecular weight excluding hydrogens is 267 g/mol. The first-order chi connectivity index (χ1) is 8.67. The van der Waals surface area contributed by atoms with Gasteiger partial charge in [-0.1, -0.05) is 0 Å². The molecule has 1 aromatic rings. The van der Waals surface area contributed by atoms with Gasteiger partial charge < -0.3 is 5.32 Å². The molecule has 0 unspecified atom stereocenters. The molecule has 0 aromatic heterocycles. The average molecular weight is 284 g/mol. The predicted octanol–water partition coefficient (Wildman–Crippen LogP) is 2.32. The van der Waals surface area contributed by atoms with Gasteiger partial charge in [-0.25, -0.2) is 12.8 Å². The van der Waals surface area contributed by atoms with Crippen LogP contribution in [0.25, 0.3) is 0 Å². The molecule has 0 heterocycles. The molecule has 0 saturated carbocycles. The fourth-order valence-electron chi connectivity index (χ4n) is 1.36. The van der Waals surface area contributed by atoms with Crippen molar-refractivity contribution in [1.82, 2.24) is 0 Å². The molecule has 4 nitrogen and oxygen atoms in total. The number of sulfone groups is 1. The Bertz CT molecular complexity index is 598. The second-order valence-corrected chi connectivity index (χ2v) is 8.03. The minimum absolute atomic E-state index is 0.0181. The van der Waals surface area contributed by atoms with Crippen LogP contribution in [0.2, 0.25) is 0 Å². The molecule has 6 heteroatoms. The molecule has 0 fully saturated rings. The van der Waals surface area contributed by atoms with Crippen LogP contribution in [0.4, 0.5) is 10.1 Å². The lowest BCUT2D eigenvalue weighted by Gasteiger charge is -2.19. The zero-order chi connectivity index (χ0) is 14.7. The van der Waals surface area contributed by atoms with Crippen molar-refractivity contribution in [1.29, 1.82) is 5.26 Å². The number of nitriles is 1. The van der Waals surface area contributed by atoms with Crippen LogP contribution in [0.15, 0.2) is 18.2 Å². The van der Waals surface area contributed by atoms with Gasteiger partial charge in [-0.2, -0.15) is 5.26 Å². The summed E-state index contributed by atoms with van der Waals surface area (Å²) in [6.45, 7) is 5.16. The lowest BCUT2D eigenvalue weighted by atomic mass is 10.2. The molecule has 0 aliphatic heterocycles. The Kier molecular flexibility index (Phi) is 4.53. The minimum Gasteiger partial charge on any atom is -0.384 e. The summed E-state index contributed by atoms with van der Waals surface area (Å²) in [7, 11) is -3.19. The molecule has 19 heavy (non-hydrogen) atoms. The normalized spacial score (nSPS) is 11.9. The summed E-state index contributed by atoms with van der Waals surface area (Å²) in [4.78, 5) is 0. The largest absolute Gasteiger partial charge is 0.384 e. The van der Waals surface area contributed by atoms with E-state index in [9.17, 15) is 12.8 Å². The number of nitrogens with one attached hydrogen (secondary N) is 1. The number of rotatable bonds is 4. The number of hydrogen-bond donors (Lipinski definition) is 1. The monoisotopic (exact) mass is 284 g/mol. The van der Waals surface area contributed by atoms with Gasteiger partial charge in [-0.3, -0.25) is 0 Å². The summed E-state index contributed by atoms with van der Waals surface area (Å²) in [5, 5.41) is 11.6. The standard InChI is InChI=1S/C13H17FN2O2S/c1-13(2,3)19(17,18)7-6-16-11-4-5-12(14)10(8-11)9-15/h4-5,8,16H,6-7H2,1-3H3.